The summed E-state index contributed by atoms with van der Waals surface area (Å²) in [5, 5.41) is 8.90. The van der Waals surface area contributed by atoms with Gasteiger partial charge in [0.2, 0.25) is 0 Å². The number of nitriles is 1. The van der Waals surface area contributed by atoms with Crippen LogP contribution < -0.4 is 0 Å². The molecule has 0 amide bonds. The molecule has 0 bridgehead atoms. The molecule has 2 rings (SSSR count). The summed E-state index contributed by atoms with van der Waals surface area (Å²) in [4.78, 5) is 6.93. The van der Waals surface area contributed by atoms with Gasteiger partial charge in [0.25, 0.3) is 6.43 Å². The zero-order valence-corrected chi connectivity index (χ0v) is 9.24. The zero-order chi connectivity index (χ0) is 14.0. The first-order valence-electron chi connectivity index (χ1n) is 5.03. The monoisotopic (exact) mass is 267 g/mol. The van der Waals surface area contributed by atoms with Gasteiger partial charge in [-0.2, -0.15) is 5.26 Å². The van der Waals surface area contributed by atoms with E-state index in [9.17, 15) is 17.6 Å². The predicted molar refractivity (Wildman–Crippen MR) is 57.1 cm³/mol. The van der Waals surface area contributed by atoms with Gasteiger partial charge in [-0.1, -0.05) is 0 Å². The first kappa shape index (κ1) is 13.0. The van der Waals surface area contributed by atoms with Crippen LogP contribution in [0.1, 0.15) is 17.7 Å². The van der Waals surface area contributed by atoms with E-state index < -0.39 is 29.3 Å². The van der Waals surface area contributed by atoms with E-state index in [0.29, 0.717) is 6.07 Å². The molecule has 96 valence electrons. The molecule has 0 saturated heterocycles. The second kappa shape index (κ2) is 5.02. The van der Waals surface area contributed by atoms with Crippen molar-refractivity contribution in [3.63, 3.8) is 0 Å². The third-order valence-corrected chi connectivity index (χ3v) is 2.38. The molecule has 1 aromatic carbocycles. The smallest absolute Gasteiger partial charge is 0.235 e. The fourth-order valence-corrected chi connectivity index (χ4v) is 1.56. The number of rotatable bonds is 2. The summed E-state index contributed by atoms with van der Waals surface area (Å²) in [7, 11) is 0. The molecule has 0 fully saturated rings. The van der Waals surface area contributed by atoms with Crippen molar-refractivity contribution in [2.45, 2.75) is 6.43 Å². The minimum atomic E-state index is -2.99. The third kappa shape index (κ3) is 2.38. The fourth-order valence-electron chi connectivity index (χ4n) is 1.56. The average molecular weight is 267 g/mol. The Hall–Kier alpha value is -2.49. The van der Waals surface area contributed by atoms with Crippen molar-refractivity contribution in [1.82, 2.24) is 9.97 Å². The fraction of sp³-hybridized carbons (Fsp3) is 0.0833. The van der Waals surface area contributed by atoms with Gasteiger partial charge in [-0.15, -0.1) is 0 Å². The van der Waals surface area contributed by atoms with Crippen molar-refractivity contribution in [3.05, 3.63) is 47.4 Å². The minimum Gasteiger partial charge on any atom is -0.235 e. The standard InChI is InChI=1S/C12H5F4N3/c13-6-1-2-7(9(14)3-6)10-8(4-17)11(12(15)16)19-5-18-10/h1-3,5,12H. The van der Waals surface area contributed by atoms with E-state index in [-0.39, 0.29) is 11.3 Å². The van der Waals surface area contributed by atoms with Crippen molar-refractivity contribution in [1.29, 1.82) is 5.26 Å². The predicted octanol–water partition coefficient (Wildman–Crippen LogP) is 3.23. The van der Waals surface area contributed by atoms with Gasteiger partial charge in [-0.3, -0.25) is 0 Å². The van der Waals surface area contributed by atoms with Gasteiger partial charge >= 0.3 is 0 Å². The van der Waals surface area contributed by atoms with E-state index in [1.54, 1.807) is 0 Å². The Morgan fingerprint density at radius 1 is 1.16 bits per heavy atom. The number of alkyl halides is 2. The van der Waals surface area contributed by atoms with Gasteiger partial charge in [0.1, 0.15) is 35.3 Å². The highest BCUT2D eigenvalue weighted by Crippen LogP contribution is 2.29. The number of hydrogen-bond acceptors (Lipinski definition) is 3. The topological polar surface area (TPSA) is 49.6 Å². The largest absolute Gasteiger partial charge is 0.281 e. The van der Waals surface area contributed by atoms with E-state index in [4.69, 9.17) is 5.26 Å². The highest BCUT2D eigenvalue weighted by Gasteiger charge is 2.21. The summed E-state index contributed by atoms with van der Waals surface area (Å²) in [5.74, 6) is -1.81. The zero-order valence-electron chi connectivity index (χ0n) is 9.24. The van der Waals surface area contributed by atoms with Crippen LogP contribution in [0.5, 0.6) is 0 Å². The summed E-state index contributed by atoms with van der Waals surface area (Å²) in [6.07, 6.45) is -2.18. The molecule has 0 radical (unpaired) electrons. The van der Waals surface area contributed by atoms with Crippen molar-refractivity contribution in [3.8, 4) is 17.3 Å². The quantitative estimate of drug-likeness (QED) is 0.785. The second-order valence-corrected chi connectivity index (χ2v) is 3.52. The molecule has 0 unspecified atom stereocenters. The molecule has 0 aliphatic heterocycles. The molecular formula is C12H5F4N3. The van der Waals surface area contributed by atoms with Crippen molar-refractivity contribution in [2.24, 2.45) is 0 Å². The maximum atomic E-state index is 13.6. The summed E-state index contributed by atoms with van der Waals surface area (Å²) in [6.45, 7) is 0. The van der Waals surface area contributed by atoms with Crippen LogP contribution in [0.25, 0.3) is 11.3 Å². The first-order valence-corrected chi connectivity index (χ1v) is 5.03. The van der Waals surface area contributed by atoms with E-state index >= 15 is 0 Å². The van der Waals surface area contributed by atoms with E-state index in [1.807, 2.05) is 0 Å². The molecule has 0 saturated carbocycles. The number of hydrogen-bond donors (Lipinski definition) is 0. The molecule has 0 spiro atoms. The van der Waals surface area contributed by atoms with Gasteiger partial charge in [0, 0.05) is 11.6 Å². The molecule has 7 heteroatoms. The summed E-state index contributed by atoms with van der Waals surface area (Å²) in [5.41, 5.74) is -1.83. The van der Waals surface area contributed by atoms with Crippen LogP contribution in [0.2, 0.25) is 0 Å². The SMILES string of the molecule is N#Cc1c(-c2ccc(F)cc2F)ncnc1C(F)F. The molecular weight excluding hydrogens is 262 g/mol. The third-order valence-electron chi connectivity index (χ3n) is 2.38. The Labute approximate surface area is 105 Å². The molecule has 0 atom stereocenters. The molecule has 1 aromatic heterocycles. The number of benzene rings is 1. The maximum absolute atomic E-state index is 13.6. The lowest BCUT2D eigenvalue weighted by Gasteiger charge is -2.07. The molecule has 0 aliphatic rings. The van der Waals surface area contributed by atoms with Crippen LogP contribution in [-0.2, 0) is 0 Å². The highest BCUT2D eigenvalue weighted by molar-refractivity contribution is 5.67. The van der Waals surface area contributed by atoms with Crippen LogP contribution in [-0.4, -0.2) is 9.97 Å². The Balaban J connectivity index is 2.69. The summed E-state index contributed by atoms with van der Waals surface area (Å²) >= 11 is 0. The van der Waals surface area contributed by atoms with E-state index in [0.717, 1.165) is 18.5 Å². The van der Waals surface area contributed by atoms with Gasteiger partial charge < -0.3 is 0 Å². The normalized spacial score (nSPS) is 10.5. The van der Waals surface area contributed by atoms with E-state index in [2.05, 4.69) is 9.97 Å². The number of nitrogens with zero attached hydrogens (tertiary/aromatic N) is 3. The summed E-state index contributed by atoms with van der Waals surface area (Å²) < 4.78 is 51.7. The molecule has 0 N–H and O–H groups in total. The van der Waals surface area contributed by atoms with Crippen LogP contribution in [0, 0.1) is 23.0 Å². The molecule has 19 heavy (non-hydrogen) atoms. The van der Waals surface area contributed by atoms with Crippen LogP contribution in [0.4, 0.5) is 17.6 Å². The van der Waals surface area contributed by atoms with Crippen LogP contribution in [0.3, 0.4) is 0 Å². The number of halogens is 4. The Kier molecular flexibility index (Phi) is 3.42. The lowest BCUT2D eigenvalue weighted by atomic mass is 10.0. The van der Waals surface area contributed by atoms with Crippen LogP contribution in [0.15, 0.2) is 24.5 Å². The first-order chi connectivity index (χ1) is 9.04. The summed E-state index contributed by atoms with van der Waals surface area (Å²) in [6, 6.07) is 4.08. The van der Waals surface area contributed by atoms with Crippen molar-refractivity contribution < 1.29 is 17.6 Å². The molecule has 0 aliphatic carbocycles. The lowest BCUT2D eigenvalue weighted by molar-refractivity contribution is 0.145. The highest BCUT2D eigenvalue weighted by atomic mass is 19.3. The van der Waals surface area contributed by atoms with Crippen molar-refractivity contribution in [2.75, 3.05) is 0 Å². The molecule has 2 aromatic rings. The van der Waals surface area contributed by atoms with E-state index in [1.165, 1.54) is 6.07 Å². The average Bonchev–Trinajstić information content (AvgIpc) is 2.37. The van der Waals surface area contributed by atoms with Gasteiger partial charge in [0.15, 0.2) is 0 Å². The second-order valence-electron chi connectivity index (χ2n) is 3.52. The Morgan fingerprint density at radius 2 is 1.89 bits per heavy atom. The minimum absolute atomic E-state index is 0.234. The maximum Gasteiger partial charge on any atom is 0.281 e. The Bertz CT molecular complexity index is 665. The molecule has 3 nitrogen and oxygen atoms in total. The Morgan fingerprint density at radius 3 is 2.47 bits per heavy atom. The van der Waals surface area contributed by atoms with Crippen molar-refractivity contribution >= 4 is 0 Å². The van der Waals surface area contributed by atoms with Gasteiger partial charge in [-0.25, -0.2) is 27.5 Å². The number of aromatic nitrogens is 2. The van der Waals surface area contributed by atoms with Gasteiger partial charge in [0.05, 0.1) is 5.69 Å². The van der Waals surface area contributed by atoms with Gasteiger partial charge in [-0.05, 0) is 12.1 Å². The van der Waals surface area contributed by atoms with Crippen LogP contribution >= 0.6 is 0 Å². The molecule has 1 heterocycles. The lowest BCUT2D eigenvalue weighted by Crippen LogP contribution is -2.01.